The second kappa shape index (κ2) is 19.1. The standard InChI is InChI=1S/C29H27N7O.2C7H8O3S/c1-35-16-13-25(14-17-35)31-21-4-8-23(9-5-21)33-29(37)34-24-10-6-22(7-11-24)32-27-15-18-36(2)28-12-3-20(30)19-26(27)28;2*1-6-2-4-7(5-3-6)11(8,9)10/h3-19H,30H2,1-2H3,(H2,33,34,37);2*2-5H,1H3,(H,8,9,10). The van der Waals surface area contributed by atoms with E-state index in [0.29, 0.717) is 17.1 Å². The topological polar surface area (TPSA) is 213 Å². The fourth-order valence-corrected chi connectivity index (χ4v) is 6.36. The van der Waals surface area contributed by atoms with E-state index in [9.17, 15) is 30.7 Å². The van der Waals surface area contributed by atoms with E-state index in [1.54, 1.807) is 24.3 Å². The summed E-state index contributed by atoms with van der Waals surface area (Å²) in [7, 11) is -4.56. The van der Waals surface area contributed by atoms with Crippen LogP contribution in [0, 0.1) is 13.8 Å². The van der Waals surface area contributed by atoms with E-state index in [4.69, 9.17) is 5.73 Å². The average molecular weight is 834 g/mol. The molecule has 5 aromatic carbocycles. The number of carbonyl (C=O) groups is 1. The summed E-state index contributed by atoms with van der Waals surface area (Å²) in [4.78, 5) is 12.2. The van der Waals surface area contributed by atoms with Crippen LogP contribution in [-0.2, 0) is 34.3 Å². The van der Waals surface area contributed by atoms with Gasteiger partial charge in [0.25, 0.3) is 0 Å². The molecular formula is C43H43N7O7S2. The summed E-state index contributed by atoms with van der Waals surface area (Å²) in [5, 5.41) is 13.5. The van der Waals surface area contributed by atoms with Gasteiger partial charge in [0, 0.05) is 52.7 Å². The fraction of sp³-hybridized carbons (Fsp3) is 0.0930. The van der Waals surface area contributed by atoms with E-state index in [1.807, 2.05) is 136 Å². The molecule has 0 aliphatic carbocycles. The van der Waals surface area contributed by atoms with Gasteiger partial charge in [-0.1, -0.05) is 35.4 Å². The number of hydrogen-bond donors (Lipinski definition) is 5. The molecule has 0 atom stereocenters. The number of anilines is 7. The number of aryl methyl sites for hydroxylation is 4. The van der Waals surface area contributed by atoms with Gasteiger partial charge >= 0.3 is 6.03 Å². The molecule has 6 N–H and O–H groups in total. The number of amides is 2. The number of nitrogens with one attached hydrogen (secondary N) is 4. The third kappa shape index (κ3) is 13.1. The fourth-order valence-electron chi connectivity index (χ4n) is 5.43. The van der Waals surface area contributed by atoms with Crippen LogP contribution in [0.15, 0.2) is 162 Å². The quantitative estimate of drug-likeness (QED) is 0.0601. The van der Waals surface area contributed by atoms with Gasteiger partial charge in [-0.15, -0.1) is 0 Å². The SMILES string of the molecule is C[n+]1ccc(Nc2ccc(NC(=O)Nc3ccc(Nc4cc[n+](C)c5ccc(N)cc45)cc3)cc2)cc1.Cc1ccc(S(=O)(=O)[O-])cc1.Cc1ccc(S(=O)(=O)[O-])cc1. The van der Waals surface area contributed by atoms with Crippen LogP contribution >= 0.6 is 0 Å². The lowest BCUT2D eigenvalue weighted by Crippen LogP contribution is -2.28. The predicted octanol–water partition coefficient (Wildman–Crippen LogP) is 7.00. The van der Waals surface area contributed by atoms with Gasteiger partial charge < -0.3 is 36.1 Å². The molecule has 0 spiro atoms. The molecule has 0 aliphatic rings. The van der Waals surface area contributed by atoms with Crippen LogP contribution in [0.3, 0.4) is 0 Å². The molecule has 0 saturated carbocycles. The smallest absolute Gasteiger partial charge is 0.323 e. The maximum atomic E-state index is 12.5. The third-order valence-corrected chi connectivity index (χ3v) is 10.3. The first kappa shape index (κ1) is 43.3. The van der Waals surface area contributed by atoms with Crippen LogP contribution in [0.25, 0.3) is 10.9 Å². The Labute approximate surface area is 343 Å². The lowest BCUT2D eigenvalue weighted by atomic mass is 10.1. The van der Waals surface area contributed by atoms with Crippen molar-refractivity contribution in [1.82, 2.24) is 0 Å². The maximum absolute atomic E-state index is 12.5. The number of rotatable bonds is 8. The van der Waals surface area contributed by atoms with Gasteiger partial charge in [0.15, 0.2) is 18.6 Å². The third-order valence-electron chi connectivity index (χ3n) is 8.61. The number of urea groups is 1. The van der Waals surface area contributed by atoms with Gasteiger partial charge in [-0.3, -0.25) is 0 Å². The number of fused-ring (bicyclic) bond motifs is 1. The molecule has 2 heterocycles. The summed E-state index contributed by atoms with van der Waals surface area (Å²) in [6, 6.07) is 38.2. The lowest BCUT2D eigenvalue weighted by molar-refractivity contribution is -0.671. The van der Waals surface area contributed by atoms with Gasteiger partial charge in [-0.05, 0) is 98.8 Å². The van der Waals surface area contributed by atoms with Crippen molar-refractivity contribution in [3.05, 3.63) is 163 Å². The van der Waals surface area contributed by atoms with E-state index >= 15 is 0 Å². The Morgan fingerprint density at radius 2 is 0.966 bits per heavy atom. The van der Waals surface area contributed by atoms with Gasteiger partial charge in [-0.2, -0.15) is 0 Å². The Hall–Kier alpha value is -6.85. The minimum absolute atomic E-state index is 0.178. The monoisotopic (exact) mass is 833 g/mol. The number of pyridine rings is 2. The number of aromatic nitrogens is 2. The molecule has 0 bridgehead atoms. The van der Waals surface area contributed by atoms with E-state index in [1.165, 1.54) is 24.3 Å². The Morgan fingerprint density at radius 3 is 1.42 bits per heavy atom. The number of carbonyl (C=O) groups excluding carboxylic acids is 1. The van der Waals surface area contributed by atoms with Crippen LogP contribution in [0.4, 0.5) is 44.6 Å². The van der Waals surface area contributed by atoms with Crippen molar-refractivity contribution in [1.29, 1.82) is 0 Å². The van der Waals surface area contributed by atoms with E-state index < -0.39 is 20.2 Å². The first-order valence-electron chi connectivity index (χ1n) is 17.9. The van der Waals surface area contributed by atoms with Crippen molar-refractivity contribution in [3.8, 4) is 0 Å². The van der Waals surface area contributed by atoms with Crippen LogP contribution in [0.5, 0.6) is 0 Å². The Balaban J connectivity index is 0.000000244. The van der Waals surface area contributed by atoms with Gasteiger partial charge in [0.1, 0.15) is 34.3 Å². The normalized spacial score (nSPS) is 10.9. The Morgan fingerprint density at radius 1 is 0.542 bits per heavy atom. The molecule has 14 nitrogen and oxygen atoms in total. The van der Waals surface area contributed by atoms with Crippen molar-refractivity contribution in [2.24, 2.45) is 14.1 Å². The number of nitrogens with two attached hydrogens (primary N) is 1. The van der Waals surface area contributed by atoms with Crippen molar-refractivity contribution >= 4 is 77.0 Å². The molecule has 0 radical (unpaired) electrons. The summed E-state index contributed by atoms with van der Waals surface area (Å²) >= 11 is 0. The summed E-state index contributed by atoms with van der Waals surface area (Å²) in [5.74, 6) is 0. The second-order valence-electron chi connectivity index (χ2n) is 13.4. The summed E-state index contributed by atoms with van der Waals surface area (Å²) in [6.45, 7) is 3.64. The number of hydrogen-bond acceptors (Lipinski definition) is 10. The first-order valence-corrected chi connectivity index (χ1v) is 20.7. The molecular weight excluding hydrogens is 791 g/mol. The van der Waals surface area contributed by atoms with Gasteiger partial charge in [-0.25, -0.2) is 30.8 Å². The maximum Gasteiger partial charge on any atom is 0.323 e. The molecule has 59 heavy (non-hydrogen) atoms. The number of benzene rings is 5. The molecule has 0 saturated heterocycles. The zero-order valence-electron chi connectivity index (χ0n) is 32.6. The molecule has 2 amide bonds. The lowest BCUT2D eigenvalue weighted by Gasteiger charge is -2.11. The minimum Gasteiger partial charge on any atom is -0.744 e. The summed E-state index contributed by atoms with van der Waals surface area (Å²) in [6.07, 6.45) is 5.96. The highest BCUT2D eigenvalue weighted by Gasteiger charge is 2.11. The van der Waals surface area contributed by atoms with Crippen LogP contribution in [-0.4, -0.2) is 32.0 Å². The van der Waals surface area contributed by atoms with E-state index in [-0.39, 0.29) is 15.8 Å². The average Bonchev–Trinajstić information content (AvgIpc) is 3.18. The Kier molecular flexibility index (Phi) is 14.0. The van der Waals surface area contributed by atoms with Gasteiger partial charge in [0.05, 0.1) is 26.6 Å². The zero-order chi connectivity index (χ0) is 42.7. The molecule has 0 fully saturated rings. The highest BCUT2D eigenvalue weighted by Crippen LogP contribution is 2.27. The molecule has 0 aliphatic heterocycles. The van der Waals surface area contributed by atoms with E-state index in [2.05, 4.69) is 25.8 Å². The van der Waals surface area contributed by atoms with Gasteiger partial charge in [0.2, 0.25) is 5.52 Å². The first-order chi connectivity index (χ1) is 27.9. The highest BCUT2D eigenvalue weighted by molar-refractivity contribution is 7.86. The van der Waals surface area contributed by atoms with Crippen molar-refractivity contribution < 1.29 is 39.9 Å². The molecule has 16 heteroatoms. The molecule has 0 unspecified atom stereocenters. The van der Waals surface area contributed by atoms with Crippen molar-refractivity contribution in [3.63, 3.8) is 0 Å². The van der Waals surface area contributed by atoms with Crippen molar-refractivity contribution in [2.75, 3.05) is 27.0 Å². The van der Waals surface area contributed by atoms with Crippen LogP contribution < -0.4 is 36.1 Å². The predicted molar refractivity (Wildman–Crippen MR) is 228 cm³/mol. The van der Waals surface area contributed by atoms with Crippen LogP contribution in [0.2, 0.25) is 0 Å². The zero-order valence-corrected chi connectivity index (χ0v) is 34.2. The largest absolute Gasteiger partial charge is 0.744 e. The number of nitrogen functional groups attached to an aromatic ring is 1. The molecule has 7 rings (SSSR count). The Bertz CT molecular complexity index is 2680. The van der Waals surface area contributed by atoms with Crippen LogP contribution in [0.1, 0.15) is 11.1 Å². The van der Waals surface area contributed by atoms with Crippen molar-refractivity contribution in [2.45, 2.75) is 23.6 Å². The molecule has 7 aromatic rings. The van der Waals surface area contributed by atoms with E-state index in [0.717, 1.165) is 44.8 Å². The number of nitrogens with zero attached hydrogens (tertiary/aromatic N) is 2. The molecule has 2 aromatic heterocycles. The highest BCUT2D eigenvalue weighted by atomic mass is 32.2. The second-order valence-corrected chi connectivity index (χ2v) is 16.1. The molecule has 304 valence electrons. The summed E-state index contributed by atoms with van der Waals surface area (Å²) in [5.41, 5.74) is 14.8. The summed E-state index contributed by atoms with van der Waals surface area (Å²) < 4.78 is 66.4. The minimum atomic E-state index is -4.27.